The van der Waals surface area contributed by atoms with Crippen molar-refractivity contribution in [2.45, 2.75) is 32.1 Å². The second kappa shape index (κ2) is 8.30. The number of unbranched alkanes of at least 4 members (excludes halogenated alkanes) is 2. The number of hydrogen-bond donors (Lipinski definition) is 2. The van der Waals surface area contributed by atoms with Gasteiger partial charge in [-0.15, -0.1) is 11.3 Å². The van der Waals surface area contributed by atoms with E-state index in [0.717, 1.165) is 38.8 Å². The lowest BCUT2D eigenvalue weighted by atomic mass is 10.2. The van der Waals surface area contributed by atoms with Gasteiger partial charge in [0, 0.05) is 17.8 Å². The Morgan fingerprint density at radius 3 is 2.94 bits per heavy atom. The standard InChI is InChI=1S/C12H20N2OS/c13-8-3-1-2-6-12(15)14-9-7-11-5-4-10-16-11/h4-5,10H,1-3,6-9,13H2,(H,14,15). The number of amides is 1. The maximum Gasteiger partial charge on any atom is 0.220 e. The molecule has 1 rings (SSSR count). The van der Waals surface area contributed by atoms with Crippen molar-refractivity contribution in [2.75, 3.05) is 13.1 Å². The van der Waals surface area contributed by atoms with E-state index in [2.05, 4.69) is 16.8 Å². The highest BCUT2D eigenvalue weighted by Gasteiger charge is 2.00. The van der Waals surface area contributed by atoms with Gasteiger partial charge in [-0.25, -0.2) is 0 Å². The van der Waals surface area contributed by atoms with Crippen LogP contribution >= 0.6 is 11.3 Å². The SMILES string of the molecule is NCCCCCC(=O)NCCc1cccs1. The summed E-state index contributed by atoms with van der Waals surface area (Å²) in [6.07, 6.45) is 4.58. The summed E-state index contributed by atoms with van der Waals surface area (Å²) in [6, 6.07) is 4.13. The second-order valence-electron chi connectivity index (χ2n) is 3.78. The van der Waals surface area contributed by atoms with Crippen molar-refractivity contribution in [2.24, 2.45) is 5.73 Å². The fraction of sp³-hybridized carbons (Fsp3) is 0.583. The first-order chi connectivity index (χ1) is 7.83. The molecular formula is C12H20N2OS. The third kappa shape index (κ3) is 5.88. The van der Waals surface area contributed by atoms with Gasteiger partial charge in [0.15, 0.2) is 0 Å². The average molecular weight is 240 g/mol. The first kappa shape index (κ1) is 13.2. The molecule has 3 N–H and O–H groups in total. The van der Waals surface area contributed by atoms with Crippen LogP contribution in [0, 0.1) is 0 Å². The Hall–Kier alpha value is -0.870. The minimum atomic E-state index is 0.161. The van der Waals surface area contributed by atoms with Crippen molar-refractivity contribution in [1.29, 1.82) is 0 Å². The molecule has 0 radical (unpaired) electrons. The molecule has 0 aromatic carbocycles. The quantitative estimate of drug-likeness (QED) is 0.682. The number of carbonyl (C=O) groups excluding carboxylic acids is 1. The number of hydrogen-bond acceptors (Lipinski definition) is 3. The topological polar surface area (TPSA) is 55.1 Å². The van der Waals surface area contributed by atoms with Crippen LogP contribution in [0.1, 0.15) is 30.6 Å². The van der Waals surface area contributed by atoms with Crippen molar-refractivity contribution in [1.82, 2.24) is 5.32 Å². The van der Waals surface area contributed by atoms with Gasteiger partial charge in [-0.3, -0.25) is 4.79 Å². The zero-order valence-electron chi connectivity index (χ0n) is 9.58. The van der Waals surface area contributed by atoms with E-state index < -0.39 is 0 Å². The Bertz CT molecular complexity index is 285. The highest BCUT2D eigenvalue weighted by atomic mass is 32.1. The lowest BCUT2D eigenvalue weighted by Crippen LogP contribution is -2.25. The minimum absolute atomic E-state index is 0.161. The molecule has 0 bridgehead atoms. The van der Waals surface area contributed by atoms with Crippen LogP contribution in [0.3, 0.4) is 0 Å². The van der Waals surface area contributed by atoms with Gasteiger partial charge in [0.2, 0.25) is 5.91 Å². The number of carbonyl (C=O) groups is 1. The highest BCUT2D eigenvalue weighted by Crippen LogP contribution is 2.08. The molecule has 0 fully saturated rings. The Balaban J connectivity index is 1.98. The molecule has 1 heterocycles. The predicted molar refractivity (Wildman–Crippen MR) is 68.6 cm³/mol. The molecule has 0 aliphatic rings. The van der Waals surface area contributed by atoms with Crippen LogP contribution in [0.5, 0.6) is 0 Å². The normalized spacial score (nSPS) is 10.3. The molecule has 0 spiro atoms. The summed E-state index contributed by atoms with van der Waals surface area (Å²) >= 11 is 1.73. The van der Waals surface area contributed by atoms with E-state index in [1.54, 1.807) is 11.3 Å². The molecule has 4 heteroatoms. The van der Waals surface area contributed by atoms with Crippen LogP contribution in [0.15, 0.2) is 17.5 Å². The Labute approximate surface area is 101 Å². The molecule has 0 aliphatic carbocycles. The molecule has 1 amide bonds. The average Bonchev–Trinajstić information content (AvgIpc) is 2.77. The zero-order chi connectivity index (χ0) is 11.6. The monoisotopic (exact) mass is 240 g/mol. The van der Waals surface area contributed by atoms with E-state index in [1.165, 1.54) is 4.88 Å². The molecule has 3 nitrogen and oxygen atoms in total. The molecule has 0 atom stereocenters. The van der Waals surface area contributed by atoms with Crippen molar-refractivity contribution < 1.29 is 4.79 Å². The Morgan fingerprint density at radius 2 is 2.25 bits per heavy atom. The molecule has 0 unspecified atom stereocenters. The summed E-state index contributed by atoms with van der Waals surface area (Å²) in [4.78, 5) is 12.7. The summed E-state index contributed by atoms with van der Waals surface area (Å²) in [5, 5.41) is 4.99. The van der Waals surface area contributed by atoms with E-state index in [-0.39, 0.29) is 5.91 Å². The fourth-order valence-electron chi connectivity index (χ4n) is 1.48. The molecule has 0 aliphatic heterocycles. The molecule has 1 aromatic rings. The number of rotatable bonds is 8. The molecule has 0 saturated carbocycles. The van der Waals surface area contributed by atoms with Gasteiger partial charge < -0.3 is 11.1 Å². The summed E-state index contributed by atoms with van der Waals surface area (Å²) in [5.74, 6) is 0.161. The molecular weight excluding hydrogens is 220 g/mol. The van der Waals surface area contributed by atoms with Gasteiger partial charge in [-0.05, 0) is 37.3 Å². The van der Waals surface area contributed by atoms with Crippen LogP contribution in [0.4, 0.5) is 0 Å². The van der Waals surface area contributed by atoms with Gasteiger partial charge in [0.25, 0.3) is 0 Å². The van der Waals surface area contributed by atoms with E-state index in [4.69, 9.17) is 5.73 Å². The van der Waals surface area contributed by atoms with Crippen LogP contribution in [-0.4, -0.2) is 19.0 Å². The first-order valence-electron chi connectivity index (χ1n) is 5.82. The maximum absolute atomic E-state index is 11.4. The molecule has 0 saturated heterocycles. The smallest absolute Gasteiger partial charge is 0.220 e. The second-order valence-corrected chi connectivity index (χ2v) is 4.81. The summed E-state index contributed by atoms with van der Waals surface area (Å²) < 4.78 is 0. The minimum Gasteiger partial charge on any atom is -0.356 e. The van der Waals surface area contributed by atoms with E-state index in [0.29, 0.717) is 6.42 Å². The van der Waals surface area contributed by atoms with Gasteiger partial charge in [-0.1, -0.05) is 12.5 Å². The van der Waals surface area contributed by atoms with Crippen LogP contribution < -0.4 is 11.1 Å². The van der Waals surface area contributed by atoms with Crippen molar-refractivity contribution in [3.05, 3.63) is 22.4 Å². The van der Waals surface area contributed by atoms with E-state index in [9.17, 15) is 4.79 Å². The molecule has 16 heavy (non-hydrogen) atoms. The van der Waals surface area contributed by atoms with Crippen LogP contribution in [0.2, 0.25) is 0 Å². The summed E-state index contributed by atoms with van der Waals surface area (Å²) in [5.41, 5.74) is 5.38. The first-order valence-corrected chi connectivity index (χ1v) is 6.70. The summed E-state index contributed by atoms with van der Waals surface area (Å²) in [6.45, 7) is 1.47. The molecule has 90 valence electrons. The van der Waals surface area contributed by atoms with Gasteiger partial charge >= 0.3 is 0 Å². The zero-order valence-corrected chi connectivity index (χ0v) is 10.4. The Kier molecular flexibility index (Phi) is 6.85. The maximum atomic E-state index is 11.4. The van der Waals surface area contributed by atoms with Crippen molar-refractivity contribution in [3.63, 3.8) is 0 Å². The van der Waals surface area contributed by atoms with Gasteiger partial charge in [-0.2, -0.15) is 0 Å². The fourth-order valence-corrected chi connectivity index (χ4v) is 2.18. The predicted octanol–water partition coefficient (Wildman–Crippen LogP) is 1.93. The number of nitrogens with two attached hydrogens (primary N) is 1. The lowest BCUT2D eigenvalue weighted by Gasteiger charge is -2.03. The lowest BCUT2D eigenvalue weighted by molar-refractivity contribution is -0.121. The van der Waals surface area contributed by atoms with E-state index >= 15 is 0 Å². The highest BCUT2D eigenvalue weighted by molar-refractivity contribution is 7.09. The van der Waals surface area contributed by atoms with Crippen LogP contribution in [0.25, 0.3) is 0 Å². The van der Waals surface area contributed by atoms with E-state index in [1.807, 2.05) is 6.07 Å². The number of thiophene rings is 1. The molecule has 1 aromatic heterocycles. The largest absolute Gasteiger partial charge is 0.356 e. The summed E-state index contributed by atoms with van der Waals surface area (Å²) in [7, 11) is 0. The third-order valence-corrected chi connectivity index (χ3v) is 3.32. The Morgan fingerprint density at radius 1 is 1.38 bits per heavy atom. The third-order valence-electron chi connectivity index (χ3n) is 2.38. The van der Waals surface area contributed by atoms with Crippen molar-refractivity contribution >= 4 is 17.2 Å². The van der Waals surface area contributed by atoms with Gasteiger partial charge in [0.1, 0.15) is 0 Å². The van der Waals surface area contributed by atoms with Gasteiger partial charge in [0.05, 0.1) is 0 Å². The van der Waals surface area contributed by atoms with Crippen molar-refractivity contribution in [3.8, 4) is 0 Å². The number of nitrogens with one attached hydrogen (secondary N) is 1. The van der Waals surface area contributed by atoms with Crippen LogP contribution in [-0.2, 0) is 11.2 Å².